The number of hydrogen-bond acceptors (Lipinski definition) is 7. The Labute approximate surface area is 159 Å². The molecule has 0 aliphatic heterocycles. The molecule has 5 heterocycles. The summed E-state index contributed by atoms with van der Waals surface area (Å²) in [5.74, 6) is 0.742. The second-order valence-corrected chi connectivity index (χ2v) is 6.61. The zero-order valence-corrected chi connectivity index (χ0v) is 15.8. The van der Waals surface area contributed by atoms with Crippen molar-refractivity contribution in [3.63, 3.8) is 0 Å². The third-order valence-electron chi connectivity index (χ3n) is 4.76. The van der Waals surface area contributed by atoms with E-state index in [-0.39, 0.29) is 0 Å². The predicted molar refractivity (Wildman–Crippen MR) is 100 cm³/mol. The van der Waals surface area contributed by atoms with Crippen molar-refractivity contribution in [2.45, 2.75) is 13.8 Å². The summed E-state index contributed by atoms with van der Waals surface area (Å²) in [5, 5.41) is 21.6. The number of nitrogens with zero attached hydrogens (tertiary/aromatic N) is 9. The van der Waals surface area contributed by atoms with Gasteiger partial charge in [-0.3, -0.25) is 9.36 Å². The molecule has 5 aromatic rings. The van der Waals surface area contributed by atoms with Crippen molar-refractivity contribution in [1.29, 1.82) is 0 Å². The van der Waals surface area contributed by atoms with Crippen molar-refractivity contribution in [1.82, 2.24) is 44.4 Å². The van der Waals surface area contributed by atoms with E-state index < -0.39 is 0 Å². The molecule has 0 bridgehead atoms. The second kappa shape index (κ2) is 5.84. The molecule has 0 spiro atoms. The van der Waals surface area contributed by atoms with Crippen molar-refractivity contribution >= 4 is 5.65 Å². The van der Waals surface area contributed by atoms with Crippen LogP contribution in [-0.2, 0) is 14.1 Å². The summed E-state index contributed by atoms with van der Waals surface area (Å²) in [7, 11) is 3.76. The highest BCUT2D eigenvalue weighted by Gasteiger charge is 2.19. The second-order valence-electron chi connectivity index (χ2n) is 6.61. The summed E-state index contributed by atoms with van der Waals surface area (Å²) >= 11 is 0. The molecule has 0 radical (unpaired) electrons. The normalized spacial score (nSPS) is 11.6. The summed E-state index contributed by atoms with van der Waals surface area (Å²) in [4.78, 5) is 4.40. The number of fused-ring (bicyclic) bond motifs is 1. The Hall–Kier alpha value is -3.82. The highest BCUT2D eigenvalue weighted by molar-refractivity contribution is 5.67. The molecule has 0 fully saturated rings. The quantitative estimate of drug-likeness (QED) is 0.476. The standard InChI is InChI=1S/C18H17N9O/c1-10-13(9-25(3)23-10)17-21-22-18(28-17)14-7-16-19-6-5-15(27(16)24-14)12-8-20-26(4)11(12)2/h5-9H,1-4H3. The third kappa shape index (κ3) is 2.42. The fraction of sp³-hybridized carbons (Fsp3) is 0.222. The number of aryl methyl sites for hydroxylation is 3. The first-order valence-electron chi connectivity index (χ1n) is 8.69. The van der Waals surface area contributed by atoms with Gasteiger partial charge in [0, 0.05) is 43.8 Å². The van der Waals surface area contributed by atoms with Gasteiger partial charge in [0.1, 0.15) is 0 Å². The first kappa shape index (κ1) is 16.4. The maximum atomic E-state index is 5.86. The Kier molecular flexibility index (Phi) is 3.41. The fourth-order valence-corrected chi connectivity index (χ4v) is 3.20. The van der Waals surface area contributed by atoms with E-state index >= 15 is 0 Å². The van der Waals surface area contributed by atoms with Gasteiger partial charge in [-0.05, 0) is 19.9 Å². The van der Waals surface area contributed by atoms with Gasteiger partial charge in [0.2, 0.25) is 0 Å². The molecular weight excluding hydrogens is 358 g/mol. The van der Waals surface area contributed by atoms with Crippen LogP contribution in [0.3, 0.4) is 0 Å². The topological polar surface area (TPSA) is 105 Å². The Morgan fingerprint density at radius 2 is 1.82 bits per heavy atom. The lowest BCUT2D eigenvalue weighted by Gasteiger charge is -2.03. The fourth-order valence-electron chi connectivity index (χ4n) is 3.20. The van der Waals surface area contributed by atoms with Crippen molar-refractivity contribution in [3.05, 3.63) is 42.1 Å². The maximum Gasteiger partial charge on any atom is 0.268 e. The van der Waals surface area contributed by atoms with Crippen LogP contribution in [0.5, 0.6) is 0 Å². The highest BCUT2D eigenvalue weighted by Crippen LogP contribution is 2.27. The van der Waals surface area contributed by atoms with Gasteiger partial charge < -0.3 is 4.42 Å². The van der Waals surface area contributed by atoms with Gasteiger partial charge in [-0.25, -0.2) is 9.50 Å². The van der Waals surface area contributed by atoms with Crippen molar-refractivity contribution in [2.24, 2.45) is 14.1 Å². The SMILES string of the molecule is Cc1nn(C)cc1-c1nnc(-c2cc3nccc(-c4cnn(C)c4C)n3n2)o1. The molecule has 5 aromatic heterocycles. The lowest BCUT2D eigenvalue weighted by molar-refractivity contribution is 0.581. The number of aromatic nitrogens is 9. The summed E-state index contributed by atoms with van der Waals surface area (Å²) < 4.78 is 11.2. The molecule has 0 unspecified atom stereocenters. The Morgan fingerprint density at radius 3 is 2.54 bits per heavy atom. The lowest BCUT2D eigenvalue weighted by Crippen LogP contribution is -1.97. The van der Waals surface area contributed by atoms with E-state index in [0.29, 0.717) is 23.1 Å². The van der Waals surface area contributed by atoms with Crippen molar-refractivity contribution in [2.75, 3.05) is 0 Å². The van der Waals surface area contributed by atoms with E-state index in [1.165, 1.54) is 0 Å². The minimum absolute atomic E-state index is 0.331. The highest BCUT2D eigenvalue weighted by atomic mass is 16.4. The first-order chi connectivity index (χ1) is 13.5. The minimum atomic E-state index is 0.331. The Bertz CT molecular complexity index is 1320. The molecule has 10 heteroatoms. The molecule has 0 saturated carbocycles. The van der Waals surface area contributed by atoms with Gasteiger partial charge in [-0.2, -0.15) is 15.3 Å². The summed E-state index contributed by atoms with van der Waals surface area (Å²) in [6.45, 7) is 3.91. The van der Waals surface area contributed by atoms with Gasteiger partial charge in [0.25, 0.3) is 11.8 Å². The van der Waals surface area contributed by atoms with Gasteiger partial charge in [0.05, 0.1) is 23.1 Å². The molecule has 0 aliphatic carbocycles. The zero-order chi connectivity index (χ0) is 19.4. The maximum absolute atomic E-state index is 5.86. The van der Waals surface area contributed by atoms with Gasteiger partial charge in [-0.15, -0.1) is 10.2 Å². The van der Waals surface area contributed by atoms with Crippen molar-refractivity contribution in [3.8, 4) is 34.3 Å². The van der Waals surface area contributed by atoms with Gasteiger partial charge in [0.15, 0.2) is 11.3 Å². The van der Waals surface area contributed by atoms with Crippen LogP contribution in [0, 0.1) is 13.8 Å². The van der Waals surface area contributed by atoms with Gasteiger partial charge >= 0.3 is 0 Å². The van der Waals surface area contributed by atoms with E-state index in [1.807, 2.05) is 57.2 Å². The van der Waals surface area contributed by atoms with Crippen LogP contribution in [-0.4, -0.2) is 44.4 Å². The van der Waals surface area contributed by atoms with Crippen LogP contribution < -0.4 is 0 Å². The van der Waals surface area contributed by atoms with Crippen LogP contribution >= 0.6 is 0 Å². The van der Waals surface area contributed by atoms with Crippen LogP contribution in [0.4, 0.5) is 0 Å². The minimum Gasteiger partial charge on any atom is -0.414 e. The molecule has 0 atom stereocenters. The molecular formula is C18H17N9O. The monoisotopic (exact) mass is 375 g/mol. The molecule has 140 valence electrons. The van der Waals surface area contributed by atoms with E-state index in [4.69, 9.17) is 4.42 Å². The Morgan fingerprint density at radius 1 is 1.00 bits per heavy atom. The lowest BCUT2D eigenvalue weighted by atomic mass is 10.2. The molecule has 5 rings (SSSR count). The first-order valence-corrected chi connectivity index (χ1v) is 8.69. The van der Waals surface area contributed by atoms with E-state index in [0.717, 1.165) is 28.2 Å². The molecule has 28 heavy (non-hydrogen) atoms. The van der Waals surface area contributed by atoms with E-state index in [2.05, 4.69) is 30.5 Å². The summed E-state index contributed by atoms with van der Waals surface area (Å²) in [6, 6.07) is 3.73. The third-order valence-corrected chi connectivity index (χ3v) is 4.76. The number of rotatable bonds is 3. The summed E-state index contributed by atoms with van der Waals surface area (Å²) in [5.41, 5.74) is 5.79. The largest absolute Gasteiger partial charge is 0.414 e. The zero-order valence-electron chi connectivity index (χ0n) is 15.8. The van der Waals surface area contributed by atoms with Crippen LogP contribution in [0.2, 0.25) is 0 Å². The van der Waals surface area contributed by atoms with E-state index in [1.54, 1.807) is 15.4 Å². The average molecular weight is 375 g/mol. The number of hydrogen-bond donors (Lipinski definition) is 0. The molecule has 0 aliphatic rings. The molecule has 0 saturated heterocycles. The van der Waals surface area contributed by atoms with Crippen LogP contribution in [0.1, 0.15) is 11.4 Å². The van der Waals surface area contributed by atoms with Crippen molar-refractivity contribution < 1.29 is 4.42 Å². The van der Waals surface area contributed by atoms with E-state index in [9.17, 15) is 0 Å². The Balaban J connectivity index is 1.61. The van der Waals surface area contributed by atoms with Crippen LogP contribution in [0.15, 0.2) is 35.1 Å². The van der Waals surface area contributed by atoms with Crippen LogP contribution in [0.25, 0.3) is 39.9 Å². The average Bonchev–Trinajstić information content (AvgIpc) is 3.42. The predicted octanol–water partition coefficient (Wildman–Crippen LogP) is 2.20. The van der Waals surface area contributed by atoms with Gasteiger partial charge in [-0.1, -0.05) is 0 Å². The molecule has 10 nitrogen and oxygen atoms in total. The molecule has 0 N–H and O–H groups in total. The molecule has 0 aromatic carbocycles. The molecule has 0 amide bonds. The smallest absolute Gasteiger partial charge is 0.268 e. The summed E-state index contributed by atoms with van der Waals surface area (Å²) in [6.07, 6.45) is 5.42.